The second kappa shape index (κ2) is 9.26. The van der Waals surface area contributed by atoms with Crippen molar-refractivity contribution < 1.29 is 9.60 Å². The zero-order chi connectivity index (χ0) is 16.6. The summed E-state index contributed by atoms with van der Waals surface area (Å²) < 4.78 is 13.6. The van der Waals surface area contributed by atoms with Gasteiger partial charge in [0.2, 0.25) is 0 Å². The molecular weight excluding hydrogens is 314 g/mol. The molecular formula is C15H23Cl2FN2O. The summed E-state index contributed by atoms with van der Waals surface area (Å²) >= 11 is 11.6. The summed E-state index contributed by atoms with van der Waals surface area (Å²) in [7, 11) is 0. The minimum absolute atomic E-state index is 0.139. The average molecular weight is 337 g/mol. The van der Waals surface area contributed by atoms with E-state index in [-0.39, 0.29) is 6.42 Å². The topological polar surface area (TPSA) is 58.3 Å². The van der Waals surface area contributed by atoms with Gasteiger partial charge in [-0.05, 0) is 44.9 Å². The predicted molar refractivity (Wildman–Crippen MR) is 88.1 cm³/mol. The molecule has 0 bridgehead atoms. The quantitative estimate of drug-likeness (QED) is 0.451. The standard InChI is InChI=1S/C15H23Cl2FN2O/c1-10(5-6-14(17)11(2)16)7-12(19)8-13(20-21)9-15(3,4)18/h5-7,13,20-21H,1,8-9,19H2,2-4H3/b6-5-,12-7-,14-11-. The van der Waals surface area contributed by atoms with Crippen molar-refractivity contribution in [1.29, 1.82) is 0 Å². The van der Waals surface area contributed by atoms with Crippen molar-refractivity contribution in [2.75, 3.05) is 0 Å². The van der Waals surface area contributed by atoms with Crippen LogP contribution in [-0.4, -0.2) is 16.9 Å². The molecule has 0 aliphatic carbocycles. The van der Waals surface area contributed by atoms with E-state index < -0.39 is 11.7 Å². The minimum atomic E-state index is -1.40. The second-order valence-corrected chi connectivity index (χ2v) is 6.44. The van der Waals surface area contributed by atoms with Crippen molar-refractivity contribution in [2.24, 2.45) is 5.73 Å². The number of hydroxylamine groups is 1. The summed E-state index contributed by atoms with van der Waals surface area (Å²) in [6.07, 6.45) is 5.36. The number of allylic oxidation sites excluding steroid dienone is 6. The SMILES string of the molecule is C=C(/C=C\C(Cl)=C(/C)Cl)/C=C(\N)CC(CC(C)(C)F)NO. The Bertz CT molecular complexity index is 447. The van der Waals surface area contributed by atoms with E-state index in [1.54, 1.807) is 25.2 Å². The lowest BCUT2D eigenvalue weighted by molar-refractivity contribution is 0.0842. The molecule has 6 heteroatoms. The molecule has 0 aliphatic rings. The summed E-state index contributed by atoms with van der Waals surface area (Å²) in [5.41, 5.74) is 7.64. The van der Waals surface area contributed by atoms with Crippen LogP contribution in [-0.2, 0) is 0 Å². The molecule has 0 heterocycles. The highest BCUT2D eigenvalue weighted by Crippen LogP contribution is 2.20. The van der Waals surface area contributed by atoms with E-state index in [4.69, 9.17) is 34.1 Å². The van der Waals surface area contributed by atoms with Gasteiger partial charge in [0.05, 0.1) is 5.03 Å². The highest BCUT2D eigenvalue weighted by atomic mass is 35.5. The Morgan fingerprint density at radius 1 is 1.43 bits per heavy atom. The van der Waals surface area contributed by atoms with Crippen LogP contribution in [0.2, 0.25) is 0 Å². The van der Waals surface area contributed by atoms with Crippen molar-refractivity contribution in [3.05, 3.63) is 46.1 Å². The van der Waals surface area contributed by atoms with Crippen LogP contribution in [0.4, 0.5) is 4.39 Å². The maximum Gasteiger partial charge on any atom is 0.107 e. The van der Waals surface area contributed by atoms with E-state index in [2.05, 4.69) is 12.1 Å². The lowest BCUT2D eigenvalue weighted by Gasteiger charge is -2.21. The average Bonchev–Trinajstić information content (AvgIpc) is 2.32. The molecule has 1 unspecified atom stereocenters. The van der Waals surface area contributed by atoms with Gasteiger partial charge < -0.3 is 10.9 Å². The first kappa shape index (κ1) is 20.2. The first-order valence-electron chi connectivity index (χ1n) is 6.48. The molecule has 0 saturated carbocycles. The number of hydrogen-bond acceptors (Lipinski definition) is 3. The Labute approximate surface area is 136 Å². The highest BCUT2D eigenvalue weighted by Gasteiger charge is 2.22. The van der Waals surface area contributed by atoms with Gasteiger partial charge in [0.25, 0.3) is 0 Å². The maximum absolute atomic E-state index is 13.6. The molecule has 0 amide bonds. The molecule has 4 N–H and O–H groups in total. The van der Waals surface area contributed by atoms with Crippen molar-refractivity contribution in [3.8, 4) is 0 Å². The summed E-state index contributed by atoms with van der Waals surface area (Å²) in [4.78, 5) is 0. The minimum Gasteiger partial charge on any atom is -0.402 e. The lowest BCUT2D eigenvalue weighted by Crippen LogP contribution is -2.33. The van der Waals surface area contributed by atoms with Crippen LogP contribution in [0.15, 0.2) is 46.1 Å². The van der Waals surface area contributed by atoms with E-state index in [1.807, 2.05) is 0 Å². The van der Waals surface area contributed by atoms with E-state index in [0.717, 1.165) is 0 Å². The summed E-state index contributed by atoms with van der Waals surface area (Å²) in [6, 6.07) is -0.466. The van der Waals surface area contributed by atoms with Crippen molar-refractivity contribution in [3.63, 3.8) is 0 Å². The zero-order valence-corrected chi connectivity index (χ0v) is 14.1. The fourth-order valence-electron chi connectivity index (χ4n) is 1.67. The van der Waals surface area contributed by atoms with Gasteiger partial charge >= 0.3 is 0 Å². The Kier molecular flexibility index (Phi) is 8.90. The first-order chi connectivity index (χ1) is 9.55. The van der Waals surface area contributed by atoms with Gasteiger partial charge in [0.15, 0.2) is 0 Å². The van der Waals surface area contributed by atoms with Crippen molar-refractivity contribution in [2.45, 2.75) is 45.3 Å². The monoisotopic (exact) mass is 336 g/mol. The first-order valence-corrected chi connectivity index (χ1v) is 7.24. The molecule has 120 valence electrons. The molecule has 0 aromatic rings. The number of alkyl halides is 1. The van der Waals surface area contributed by atoms with Gasteiger partial charge in [-0.3, -0.25) is 0 Å². The molecule has 3 nitrogen and oxygen atoms in total. The number of nitrogens with one attached hydrogen (secondary N) is 1. The van der Waals surface area contributed by atoms with E-state index in [0.29, 0.717) is 27.8 Å². The molecule has 0 spiro atoms. The Morgan fingerprint density at radius 3 is 2.43 bits per heavy atom. The van der Waals surface area contributed by atoms with Crippen LogP contribution in [0.3, 0.4) is 0 Å². The fourth-order valence-corrected chi connectivity index (χ4v) is 1.80. The Hall–Kier alpha value is -0.810. The van der Waals surface area contributed by atoms with Crippen LogP contribution in [0.5, 0.6) is 0 Å². The van der Waals surface area contributed by atoms with Gasteiger partial charge in [0, 0.05) is 23.2 Å². The van der Waals surface area contributed by atoms with E-state index in [9.17, 15) is 4.39 Å². The van der Waals surface area contributed by atoms with Crippen LogP contribution in [0.1, 0.15) is 33.6 Å². The van der Waals surface area contributed by atoms with Gasteiger partial charge in [-0.2, -0.15) is 0 Å². The smallest absolute Gasteiger partial charge is 0.107 e. The lowest BCUT2D eigenvalue weighted by atomic mass is 9.97. The maximum atomic E-state index is 13.6. The number of nitrogens with two attached hydrogens (primary N) is 1. The summed E-state index contributed by atoms with van der Waals surface area (Å²) in [6.45, 7) is 8.38. The van der Waals surface area contributed by atoms with Crippen molar-refractivity contribution >= 4 is 23.2 Å². The molecule has 21 heavy (non-hydrogen) atoms. The molecule has 0 saturated heterocycles. The molecule has 0 fully saturated rings. The number of hydrogen-bond donors (Lipinski definition) is 3. The van der Waals surface area contributed by atoms with Gasteiger partial charge in [-0.15, -0.1) is 0 Å². The van der Waals surface area contributed by atoms with Gasteiger partial charge in [-0.1, -0.05) is 35.9 Å². The normalized spacial score (nSPS) is 16.0. The van der Waals surface area contributed by atoms with Gasteiger partial charge in [-0.25, -0.2) is 9.87 Å². The second-order valence-electron chi connectivity index (χ2n) is 5.46. The molecule has 0 aromatic heterocycles. The third kappa shape index (κ3) is 10.5. The van der Waals surface area contributed by atoms with Crippen molar-refractivity contribution in [1.82, 2.24) is 5.48 Å². The highest BCUT2D eigenvalue weighted by molar-refractivity contribution is 6.39. The molecule has 0 aliphatic heterocycles. The fraction of sp³-hybridized carbons (Fsp3) is 0.467. The summed E-state index contributed by atoms with van der Waals surface area (Å²) in [5.74, 6) is 0. The van der Waals surface area contributed by atoms with Crippen LogP contribution in [0, 0.1) is 0 Å². The number of rotatable bonds is 8. The predicted octanol–water partition coefficient (Wildman–Crippen LogP) is 4.53. The molecule has 0 rings (SSSR count). The molecule has 1 atom stereocenters. The van der Waals surface area contributed by atoms with Crippen LogP contribution in [0.25, 0.3) is 0 Å². The summed E-state index contributed by atoms with van der Waals surface area (Å²) in [5, 5.41) is 9.93. The van der Waals surface area contributed by atoms with Crippen LogP contribution < -0.4 is 11.2 Å². The number of halogens is 3. The van der Waals surface area contributed by atoms with Gasteiger partial charge in [0.1, 0.15) is 5.67 Å². The third-order valence-electron chi connectivity index (χ3n) is 2.54. The Morgan fingerprint density at radius 2 is 2.00 bits per heavy atom. The zero-order valence-electron chi connectivity index (χ0n) is 12.6. The largest absolute Gasteiger partial charge is 0.402 e. The van der Waals surface area contributed by atoms with Crippen LogP contribution >= 0.6 is 23.2 Å². The third-order valence-corrected chi connectivity index (χ3v) is 3.25. The van der Waals surface area contributed by atoms with E-state index >= 15 is 0 Å². The molecule has 0 radical (unpaired) electrons. The Balaban J connectivity index is 4.66. The van der Waals surface area contributed by atoms with E-state index in [1.165, 1.54) is 13.8 Å². The molecule has 0 aromatic carbocycles.